The van der Waals surface area contributed by atoms with Crippen molar-refractivity contribution in [2.45, 2.75) is 19.4 Å². The molecule has 1 N–H and O–H groups in total. The van der Waals surface area contributed by atoms with E-state index in [9.17, 15) is 13.6 Å². The molecule has 0 spiro atoms. The van der Waals surface area contributed by atoms with Crippen molar-refractivity contribution in [1.82, 2.24) is 14.9 Å². The first-order valence-electron chi connectivity index (χ1n) is 6.87. The molecule has 1 aromatic carbocycles. The van der Waals surface area contributed by atoms with Crippen LogP contribution >= 0.6 is 0 Å². The summed E-state index contributed by atoms with van der Waals surface area (Å²) in [5.74, 6) is -1.37. The first-order chi connectivity index (χ1) is 10.1. The molecule has 1 atom stereocenters. The van der Waals surface area contributed by atoms with Crippen molar-refractivity contribution in [3.63, 3.8) is 0 Å². The molecule has 1 aromatic heterocycles. The first kappa shape index (κ1) is 13.7. The highest BCUT2D eigenvalue weighted by molar-refractivity contribution is 5.94. The van der Waals surface area contributed by atoms with Crippen LogP contribution in [0, 0.1) is 17.6 Å². The standard InChI is InChI=1S/C15H15F2N3O/c16-12-3-1-2-11(14(12)17)15(21)19-8-10-4-5-13-18-6-7-20(13)9-10/h1-3,6-7,10H,4-5,8-9H2,(H,19,21)/t10-/m1/s1. The number of benzene rings is 1. The number of amides is 1. The maximum atomic E-state index is 13.5. The Labute approximate surface area is 120 Å². The van der Waals surface area contributed by atoms with Crippen LogP contribution in [-0.2, 0) is 13.0 Å². The Bertz CT molecular complexity index is 669. The van der Waals surface area contributed by atoms with Gasteiger partial charge in [0.2, 0.25) is 0 Å². The number of carbonyl (C=O) groups excluding carboxylic acids is 1. The molecular formula is C15H15F2N3O. The highest BCUT2D eigenvalue weighted by atomic mass is 19.2. The summed E-state index contributed by atoms with van der Waals surface area (Å²) in [5.41, 5.74) is -0.255. The largest absolute Gasteiger partial charge is 0.352 e. The summed E-state index contributed by atoms with van der Waals surface area (Å²) < 4.78 is 28.7. The summed E-state index contributed by atoms with van der Waals surface area (Å²) >= 11 is 0. The van der Waals surface area contributed by atoms with Gasteiger partial charge in [0.15, 0.2) is 11.6 Å². The van der Waals surface area contributed by atoms with Crippen molar-refractivity contribution in [3.8, 4) is 0 Å². The summed E-state index contributed by atoms with van der Waals surface area (Å²) in [6.45, 7) is 1.22. The third kappa shape index (κ3) is 2.79. The van der Waals surface area contributed by atoms with Gasteiger partial charge in [0, 0.05) is 31.9 Å². The molecule has 0 aliphatic carbocycles. The number of aryl methyl sites for hydroxylation is 1. The quantitative estimate of drug-likeness (QED) is 0.942. The van der Waals surface area contributed by atoms with Crippen LogP contribution in [0.4, 0.5) is 8.78 Å². The van der Waals surface area contributed by atoms with Crippen LogP contribution in [0.25, 0.3) is 0 Å². The predicted octanol–water partition coefficient (Wildman–Crippen LogP) is 2.15. The summed E-state index contributed by atoms with van der Waals surface area (Å²) in [7, 11) is 0. The van der Waals surface area contributed by atoms with Crippen molar-refractivity contribution in [3.05, 3.63) is 53.6 Å². The topological polar surface area (TPSA) is 46.9 Å². The van der Waals surface area contributed by atoms with Gasteiger partial charge < -0.3 is 9.88 Å². The molecule has 4 nitrogen and oxygen atoms in total. The second-order valence-electron chi connectivity index (χ2n) is 5.21. The van der Waals surface area contributed by atoms with Crippen molar-refractivity contribution in [2.75, 3.05) is 6.54 Å². The van der Waals surface area contributed by atoms with Crippen LogP contribution in [0.5, 0.6) is 0 Å². The van der Waals surface area contributed by atoms with E-state index in [1.54, 1.807) is 6.20 Å². The summed E-state index contributed by atoms with van der Waals surface area (Å²) in [6.07, 6.45) is 5.46. The molecule has 110 valence electrons. The zero-order valence-corrected chi connectivity index (χ0v) is 11.4. The lowest BCUT2D eigenvalue weighted by molar-refractivity contribution is 0.0938. The summed E-state index contributed by atoms with van der Waals surface area (Å²) in [4.78, 5) is 16.2. The van der Waals surface area contributed by atoms with E-state index in [2.05, 4.69) is 14.9 Å². The summed E-state index contributed by atoms with van der Waals surface area (Å²) in [6, 6.07) is 3.60. The van der Waals surface area contributed by atoms with E-state index in [1.807, 2.05) is 6.20 Å². The number of rotatable bonds is 3. The zero-order chi connectivity index (χ0) is 14.8. The minimum absolute atomic E-state index is 0.255. The molecule has 0 fully saturated rings. The number of carbonyl (C=O) groups is 1. The minimum Gasteiger partial charge on any atom is -0.352 e. The lowest BCUT2D eigenvalue weighted by Crippen LogP contribution is -2.34. The van der Waals surface area contributed by atoms with Gasteiger partial charge in [-0.15, -0.1) is 0 Å². The Kier molecular flexibility index (Phi) is 3.68. The lowest BCUT2D eigenvalue weighted by Gasteiger charge is -2.24. The molecule has 0 saturated heterocycles. The molecule has 1 aliphatic rings. The number of hydrogen-bond donors (Lipinski definition) is 1. The van der Waals surface area contributed by atoms with Crippen LogP contribution in [0.1, 0.15) is 22.6 Å². The Morgan fingerprint density at radius 1 is 1.43 bits per heavy atom. The third-order valence-corrected chi connectivity index (χ3v) is 3.78. The Morgan fingerprint density at radius 3 is 3.14 bits per heavy atom. The van der Waals surface area contributed by atoms with Gasteiger partial charge in [-0.3, -0.25) is 4.79 Å². The highest BCUT2D eigenvalue weighted by Gasteiger charge is 2.20. The first-order valence-corrected chi connectivity index (χ1v) is 6.87. The molecule has 6 heteroatoms. The fourth-order valence-corrected chi connectivity index (χ4v) is 2.62. The van der Waals surface area contributed by atoms with Gasteiger partial charge in [-0.05, 0) is 24.5 Å². The van der Waals surface area contributed by atoms with Crippen molar-refractivity contribution >= 4 is 5.91 Å². The fraction of sp³-hybridized carbons (Fsp3) is 0.333. The smallest absolute Gasteiger partial charge is 0.254 e. The van der Waals surface area contributed by atoms with Gasteiger partial charge in [-0.25, -0.2) is 13.8 Å². The van der Waals surface area contributed by atoms with E-state index in [-0.39, 0.29) is 11.5 Å². The van der Waals surface area contributed by atoms with Crippen LogP contribution in [0.15, 0.2) is 30.6 Å². The molecule has 21 heavy (non-hydrogen) atoms. The lowest BCUT2D eigenvalue weighted by atomic mass is 9.99. The van der Waals surface area contributed by atoms with Crippen molar-refractivity contribution in [2.24, 2.45) is 5.92 Å². The SMILES string of the molecule is O=C(NC[C@H]1CCc2nccn2C1)c1cccc(F)c1F. The number of nitrogens with one attached hydrogen (secondary N) is 1. The van der Waals surface area contributed by atoms with Gasteiger partial charge in [0.25, 0.3) is 5.91 Å². The van der Waals surface area contributed by atoms with Gasteiger partial charge in [0.1, 0.15) is 5.82 Å². The predicted molar refractivity (Wildman–Crippen MR) is 72.7 cm³/mol. The number of aromatic nitrogens is 2. The van der Waals surface area contributed by atoms with Crippen molar-refractivity contribution < 1.29 is 13.6 Å². The minimum atomic E-state index is -1.10. The molecule has 1 aliphatic heterocycles. The maximum absolute atomic E-state index is 13.5. The molecule has 0 unspecified atom stereocenters. The van der Waals surface area contributed by atoms with Crippen LogP contribution in [-0.4, -0.2) is 22.0 Å². The van der Waals surface area contributed by atoms with E-state index >= 15 is 0 Å². The summed E-state index contributed by atoms with van der Waals surface area (Å²) in [5, 5.41) is 2.68. The number of fused-ring (bicyclic) bond motifs is 1. The Balaban J connectivity index is 1.61. The van der Waals surface area contributed by atoms with Gasteiger partial charge in [-0.1, -0.05) is 6.07 Å². The van der Waals surface area contributed by atoms with E-state index in [0.29, 0.717) is 6.54 Å². The highest BCUT2D eigenvalue weighted by Crippen LogP contribution is 2.18. The van der Waals surface area contributed by atoms with E-state index in [1.165, 1.54) is 12.1 Å². The van der Waals surface area contributed by atoms with Gasteiger partial charge in [0.05, 0.1) is 5.56 Å². The number of nitrogens with zero attached hydrogens (tertiary/aromatic N) is 2. The second kappa shape index (κ2) is 5.63. The Hall–Kier alpha value is -2.24. The van der Waals surface area contributed by atoms with Crippen molar-refractivity contribution in [1.29, 1.82) is 0 Å². The maximum Gasteiger partial charge on any atom is 0.254 e. The third-order valence-electron chi connectivity index (χ3n) is 3.78. The zero-order valence-electron chi connectivity index (χ0n) is 11.4. The molecule has 0 bridgehead atoms. The number of hydrogen-bond acceptors (Lipinski definition) is 2. The normalized spacial score (nSPS) is 17.3. The second-order valence-corrected chi connectivity index (χ2v) is 5.21. The Morgan fingerprint density at radius 2 is 2.29 bits per heavy atom. The van der Waals surface area contributed by atoms with E-state index in [4.69, 9.17) is 0 Å². The van der Waals surface area contributed by atoms with E-state index < -0.39 is 17.5 Å². The average Bonchev–Trinajstić information content (AvgIpc) is 2.95. The molecular weight excluding hydrogens is 276 g/mol. The van der Waals surface area contributed by atoms with Crippen LogP contribution in [0.3, 0.4) is 0 Å². The van der Waals surface area contributed by atoms with Gasteiger partial charge >= 0.3 is 0 Å². The molecule has 0 radical (unpaired) electrons. The molecule has 1 amide bonds. The van der Waals surface area contributed by atoms with Crippen LogP contribution in [0.2, 0.25) is 0 Å². The number of imidazole rings is 1. The fourth-order valence-electron chi connectivity index (χ4n) is 2.62. The van der Waals surface area contributed by atoms with Crippen LogP contribution < -0.4 is 5.32 Å². The molecule has 3 rings (SSSR count). The average molecular weight is 291 g/mol. The molecule has 0 saturated carbocycles. The monoisotopic (exact) mass is 291 g/mol. The molecule has 2 aromatic rings. The molecule has 2 heterocycles. The number of halogens is 2. The van der Waals surface area contributed by atoms with E-state index in [0.717, 1.165) is 31.3 Å². The van der Waals surface area contributed by atoms with Gasteiger partial charge in [-0.2, -0.15) is 0 Å².